The van der Waals surface area contributed by atoms with Crippen molar-refractivity contribution in [1.82, 2.24) is 0 Å². The second-order valence-electron chi connectivity index (χ2n) is 4.55. The number of ketones is 1. The van der Waals surface area contributed by atoms with Crippen molar-refractivity contribution < 1.29 is 9.53 Å². The van der Waals surface area contributed by atoms with Gasteiger partial charge in [0.15, 0.2) is 0 Å². The Balaban J connectivity index is 2.07. The number of Topliss-reactive ketones (excluding diaryl/α,β-unsaturated/α-hetero) is 1. The molecule has 1 aliphatic rings. The van der Waals surface area contributed by atoms with Gasteiger partial charge < -0.3 is 10.5 Å². The highest BCUT2D eigenvalue weighted by Crippen LogP contribution is 2.21. The van der Waals surface area contributed by atoms with Crippen LogP contribution in [0.15, 0.2) is 18.2 Å². The third-order valence-corrected chi connectivity index (χ3v) is 3.46. The number of hydrogen-bond donors (Lipinski definition) is 1. The van der Waals surface area contributed by atoms with E-state index in [1.807, 2.05) is 25.1 Å². The Bertz CT molecular complexity index is 433. The Morgan fingerprint density at radius 3 is 2.88 bits per heavy atom. The van der Waals surface area contributed by atoms with Gasteiger partial charge in [-0.15, -0.1) is 0 Å². The number of benzene rings is 1. The van der Waals surface area contributed by atoms with Crippen LogP contribution >= 0.6 is 11.6 Å². The molecule has 0 saturated carbocycles. The molecule has 1 aromatic carbocycles. The number of carbonyl (C=O) groups excluding carboxylic acids is 1. The van der Waals surface area contributed by atoms with Gasteiger partial charge in [0.05, 0.1) is 19.1 Å². The molecule has 0 spiro atoms. The molecule has 1 saturated heterocycles. The fraction of sp³-hybridized carbons (Fsp3) is 0.462. The van der Waals surface area contributed by atoms with Crippen LogP contribution in [0.5, 0.6) is 0 Å². The van der Waals surface area contributed by atoms with E-state index < -0.39 is 0 Å². The van der Waals surface area contributed by atoms with E-state index >= 15 is 0 Å². The van der Waals surface area contributed by atoms with Crippen LogP contribution in [0.3, 0.4) is 0 Å². The first-order chi connectivity index (χ1) is 8.08. The van der Waals surface area contributed by atoms with Crippen LogP contribution in [0.1, 0.15) is 11.1 Å². The highest BCUT2D eigenvalue weighted by atomic mass is 35.5. The van der Waals surface area contributed by atoms with Crippen molar-refractivity contribution in [3.05, 3.63) is 34.3 Å². The Kier molecular flexibility index (Phi) is 3.82. The van der Waals surface area contributed by atoms with Gasteiger partial charge in [-0.3, -0.25) is 4.79 Å². The van der Waals surface area contributed by atoms with Crippen LogP contribution in [-0.4, -0.2) is 25.0 Å². The predicted octanol–water partition coefficient (Wildman–Crippen LogP) is 1.73. The number of rotatable bonds is 3. The lowest BCUT2D eigenvalue weighted by Crippen LogP contribution is -2.34. The molecule has 1 aromatic rings. The summed E-state index contributed by atoms with van der Waals surface area (Å²) in [6.45, 7) is 2.87. The minimum atomic E-state index is -0.188. The molecule has 17 heavy (non-hydrogen) atoms. The van der Waals surface area contributed by atoms with Gasteiger partial charge in [0.2, 0.25) is 0 Å². The van der Waals surface area contributed by atoms with E-state index in [-0.39, 0.29) is 17.7 Å². The van der Waals surface area contributed by atoms with E-state index in [1.165, 1.54) is 0 Å². The summed E-state index contributed by atoms with van der Waals surface area (Å²) in [5.74, 6) is -0.0758. The van der Waals surface area contributed by atoms with Crippen LogP contribution in [0.25, 0.3) is 0 Å². The van der Waals surface area contributed by atoms with Crippen LogP contribution in [0.2, 0.25) is 5.02 Å². The molecule has 4 heteroatoms. The molecule has 2 rings (SSSR count). The average molecular weight is 254 g/mol. The fourth-order valence-electron chi connectivity index (χ4n) is 2.02. The monoisotopic (exact) mass is 253 g/mol. The molecule has 92 valence electrons. The lowest BCUT2D eigenvalue weighted by molar-refractivity contribution is -0.122. The van der Waals surface area contributed by atoms with Gasteiger partial charge in [0.25, 0.3) is 0 Å². The van der Waals surface area contributed by atoms with Gasteiger partial charge in [0, 0.05) is 17.5 Å². The molecule has 1 aliphatic heterocycles. The second-order valence-corrected chi connectivity index (χ2v) is 4.95. The second kappa shape index (κ2) is 5.17. The molecule has 0 bridgehead atoms. The summed E-state index contributed by atoms with van der Waals surface area (Å²) in [5, 5.41) is 0.644. The number of halogens is 1. The Labute approximate surface area is 106 Å². The van der Waals surface area contributed by atoms with Crippen LogP contribution in [0.4, 0.5) is 0 Å². The van der Waals surface area contributed by atoms with Crippen molar-refractivity contribution in [1.29, 1.82) is 0 Å². The first-order valence-electron chi connectivity index (χ1n) is 5.69. The van der Waals surface area contributed by atoms with E-state index in [4.69, 9.17) is 22.1 Å². The number of ether oxygens (including phenoxy) is 1. The van der Waals surface area contributed by atoms with Gasteiger partial charge in [-0.2, -0.15) is 0 Å². The van der Waals surface area contributed by atoms with Crippen molar-refractivity contribution in [3.63, 3.8) is 0 Å². The summed E-state index contributed by atoms with van der Waals surface area (Å²) in [6.07, 6.45) is 0.334. The fourth-order valence-corrected chi connectivity index (χ4v) is 2.32. The normalized spacial score (nSPS) is 23.9. The van der Waals surface area contributed by atoms with Gasteiger partial charge >= 0.3 is 0 Å². The first-order valence-corrected chi connectivity index (χ1v) is 6.07. The molecule has 2 N–H and O–H groups in total. The summed E-state index contributed by atoms with van der Waals surface area (Å²) >= 11 is 6.10. The van der Waals surface area contributed by atoms with E-state index in [0.717, 1.165) is 11.1 Å². The molecule has 1 fully saturated rings. The quantitative estimate of drug-likeness (QED) is 0.893. The van der Waals surface area contributed by atoms with E-state index in [0.29, 0.717) is 24.7 Å². The largest absolute Gasteiger partial charge is 0.379 e. The summed E-state index contributed by atoms with van der Waals surface area (Å²) in [5.41, 5.74) is 7.77. The zero-order valence-electron chi connectivity index (χ0n) is 9.78. The van der Waals surface area contributed by atoms with Gasteiger partial charge in [0.1, 0.15) is 5.78 Å². The number of nitrogens with two attached hydrogens (primary N) is 1. The molecular formula is C13H16ClNO2. The molecule has 3 nitrogen and oxygen atoms in total. The zero-order chi connectivity index (χ0) is 12.4. The third kappa shape index (κ3) is 2.86. The van der Waals surface area contributed by atoms with E-state index in [1.54, 1.807) is 0 Å². The summed E-state index contributed by atoms with van der Waals surface area (Å²) in [6, 6.07) is 5.55. The van der Waals surface area contributed by atoms with Crippen molar-refractivity contribution in [2.24, 2.45) is 11.7 Å². The highest BCUT2D eigenvalue weighted by molar-refractivity contribution is 6.31. The highest BCUT2D eigenvalue weighted by Gasteiger charge is 2.31. The molecule has 0 aliphatic carbocycles. The number of carbonyl (C=O) groups is 1. The van der Waals surface area contributed by atoms with Crippen molar-refractivity contribution >= 4 is 17.4 Å². The maximum absolute atomic E-state index is 12.0. The predicted molar refractivity (Wildman–Crippen MR) is 67.2 cm³/mol. The van der Waals surface area contributed by atoms with Gasteiger partial charge in [-0.05, 0) is 24.1 Å². The minimum Gasteiger partial charge on any atom is -0.379 e. The van der Waals surface area contributed by atoms with Crippen molar-refractivity contribution in [2.75, 3.05) is 13.2 Å². The Hall–Kier alpha value is -0.900. The zero-order valence-corrected chi connectivity index (χ0v) is 10.5. The van der Waals surface area contributed by atoms with Gasteiger partial charge in [-0.1, -0.05) is 23.7 Å². The molecule has 1 heterocycles. The molecule has 0 radical (unpaired) electrons. The third-order valence-electron chi connectivity index (χ3n) is 3.11. The maximum atomic E-state index is 12.0. The van der Waals surface area contributed by atoms with Crippen LogP contribution < -0.4 is 5.73 Å². The average Bonchev–Trinajstić information content (AvgIpc) is 2.68. The smallest absolute Gasteiger partial charge is 0.144 e. The Morgan fingerprint density at radius 1 is 1.53 bits per heavy atom. The molecular weight excluding hydrogens is 238 g/mol. The van der Waals surface area contributed by atoms with Crippen molar-refractivity contribution in [3.8, 4) is 0 Å². The van der Waals surface area contributed by atoms with Crippen molar-refractivity contribution in [2.45, 2.75) is 19.4 Å². The first kappa shape index (κ1) is 12.6. The summed E-state index contributed by atoms with van der Waals surface area (Å²) in [7, 11) is 0. The molecule has 0 amide bonds. The van der Waals surface area contributed by atoms with Crippen LogP contribution in [-0.2, 0) is 16.0 Å². The molecule has 2 atom stereocenters. The summed E-state index contributed by atoms with van der Waals surface area (Å²) < 4.78 is 5.20. The topological polar surface area (TPSA) is 52.3 Å². The number of hydrogen-bond acceptors (Lipinski definition) is 3. The van der Waals surface area contributed by atoms with E-state index in [9.17, 15) is 4.79 Å². The minimum absolute atomic E-state index is 0.112. The van der Waals surface area contributed by atoms with E-state index in [2.05, 4.69) is 0 Å². The summed E-state index contributed by atoms with van der Waals surface area (Å²) in [4.78, 5) is 12.0. The van der Waals surface area contributed by atoms with Gasteiger partial charge in [-0.25, -0.2) is 0 Å². The molecule has 2 unspecified atom stereocenters. The SMILES string of the molecule is Cc1ccc(CC(=O)C2COCC2N)c(Cl)c1. The lowest BCUT2D eigenvalue weighted by atomic mass is 9.94. The van der Waals surface area contributed by atoms with Crippen LogP contribution in [0, 0.1) is 12.8 Å². The number of aryl methyl sites for hydroxylation is 1. The Morgan fingerprint density at radius 2 is 2.29 bits per heavy atom. The maximum Gasteiger partial charge on any atom is 0.144 e. The molecule has 0 aromatic heterocycles. The lowest BCUT2D eigenvalue weighted by Gasteiger charge is -2.12. The standard InChI is InChI=1S/C13H16ClNO2/c1-8-2-3-9(11(14)4-8)5-13(16)10-6-17-7-12(10)15/h2-4,10,12H,5-7,15H2,1H3.